The van der Waals surface area contributed by atoms with Gasteiger partial charge in [0.1, 0.15) is 12.2 Å². The van der Waals surface area contributed by atoms with Crippen LogP contribution >= 0.6 is 0 Å². The zero-order valence-corrected chi connectivity index (χ0v) is 20.9. The summed E-state index contributed by atoms with van der Waals surface area (Å²) in [5.74, 6) is -0.432. The highest BCUT2D eigenvalue weighted by Gasteiger charge is 2.51. The minimum atomic E-state index is -2.77. The molecule has 0 spiro atoms. The van der Waals surface area contributed by atoms with Gasteiger partial charge in [0.2, 0.25) is 0 Å². The number of aliphatic hydroxyl groups is 1. The third-order valence-electron chi connectivity index (χ3n) is 6.33. The van der Waals surface area contributed by atoms with E-state index in [4.69, 9.17) is 13.9 Å². The molecule has 0 bridgehead atoms. The molecule has 6 heteroatoms. The van der Waals surface area contributed by atoms with Crippen LogP contribution < -0.4 is 10.4 Å². The van der Waals surface area contributed by atoms with Gasteiger partial charge in [-0.3, -0.25) is 0 Å². The molecule has 1 aliphatic rings. The molecule has 178 valence electrons. The summed E-state index contributed by atoms with van der Waals surface area (Å²) in [6.45, 7) is 6.82. The lowest BCUT2D eigenvalue weighted by atomic mass is 10.2. The molecule has 0 aliphatic carbocycles. The Morgan fingerprint density at radius 2 is 1.41 bits per heavy atom. The van der Waals surface area contributed by atoms with Gasteiger partial charge in [-0.05, 0) is 27.5 Å². The minimum Gasteiger partial charge on any atom is -0.456 e. The highest BCUT2D eigenvalue weighted by atomic mass is 28.4. The standard InChI is InChI=1S/C28H32O5Si/c1-28(2,3)34(22-15-9-5-10-16-22,23-17-11-6-12-18-23)31-20-25-24(19-26(29)32-25)33-27(30)21-13-7-4-8-14-21/h4-18,24-26,29H,19-20H2,1-3H3/t24-,25+,26-/m0/s1. The van der Waals surface area contributed by atoms with Gasteiger partial charge in [0.15, 0.2) is 6.29 Å². The quantitative estimate of drug-likeness (QED) is 0.414. The van der Waals surface area contributed by atoms with Crippen molar-refractivity contribution in [3.63, 3.8) is 0 Å². The maximum absolute atomic E-state index is 12.7. The summed E-state index contributed by atoms with van der Waals surface area (Å²) in [5, 5.41) is 12.3. The Balaban J connectivity index is 1.62. The van der Waals surface area contributed by atoms with Gasteiger partial charge in [-0.15, -0.1) is 0 Å². The van der Waals surface area contributed by atoms with Gasteiger partial charge in [0, 0.05) is 6.42 Å². The van der Waals surface area contributed by atoms with E-state index in [1.807, 2.05) is 42.5 Å². The molecule has 4 rings (SSSR count). The van der Waals surface area contributed by atoms with E-state index in [1.165, 1.54) is 0 Å². The van der Waals surface area contributed by atoms with Crippen molar-refractivity contribution in [2.75, 3.05) is 6.61 Å². The van der Waals surface area contributed by atoms with Crippen molar-refractivity contribution in [3.05, 3.63) is 96.6 Å². The summed E-state index contributed by atoms with van der Waals surface area (Å²) < 4.78 is 18.4. The summed E-state index contributed by atoms with van der Waals surface area (Å²) in [7, 11) is -2.77. The van der Waals surface area contributed by atoms with E-state index in [1.54, 1.807) is 24.3 Å². The first-order valence-corrected chi connectivity index (χ1v) is 13.6. The number of carbonyl (C=O) groups is 1. The lowest BCUT2D eigenvalue weighted by Gasteiger charge is -2.43. The lowest BCUT2D eigenvalue weighted by Crippen LogP contribution is -2.67. The third-order valence-corrected chi connectivity index (χ3v) is 11.3. The molecule has 1 heterocycles. The average Bonchev–Trinajstić information content (AvgIpc) is 3.19. The van der Waals surface area contributed by atoms with Gasteiger partial charge < -0.3 is 19.0 Å². The number of rotatable bonds is 7. The molecule has 0 saturated carbocycles. The van der Waals surface area contributed by atoms with Gasteiger partial charge in [0.25, 0.3) is 8.32 Å². The van der Waals surface area contributed by atoms with Crippen molar-refractivity contribution in [2.24, 2.45) is 0 Å². The summed E-state index contributed by atoms with van der Waals surface area (Å²) in [5.41, 5.74) is 0.468. The molecule has 3 aromatic carbocycles. The summed E-state index contributed by atoms with van der Waals surface area (Å²) in [6.07, 6.45) is -1.94. The zero-order chi connectivity index (χ0) is 24.2. The maximum Gasteiger partial charge on any atom is 0.338 e. The van der Waals surface area contributed by atoms with Crippen LogP contribution in [0.3, 0.4) is 0 Å². The van der Waals surface area contributed by atoms with Crippen molar-refractivity contribution in [3.8, 4) is 0 Å². The summed E-state index contributed by atoms with van der Waals surface area (Å²) in [6, 6.07) is 29.5. The summed E-state index contributed by atoms with van der Waals surface area (Å²) in [4.78, 5) is 12.7. The lowest BCUT2D eigenvalue weighted by molar-refractivity contribution is -0.106. The first-order chi connectivity index (χ1) is 16.3. The van der Waals surface area contributed by atoms with Gasteiger partial charge >= 0.3 is 5.97 Å². The molecule has 5 nitrogen and oxygen atoms in total. The first kappa shape index (κ1) is 24.4. The van der Waals surface area contributed by atoms with Crippen molar-refractivity contribution in [1.29, 1.82) is 0 Å². The molecule has 1 saturated heterocycles. The van der Waals surface area contributed by atoms with Crippen LogP contribution in [0.4, 0.5) is 0 Å². The van der Waals surface area contributed by atoms with Crippen LogP contribution in [-0.2, 0) is 13.9 Å². The van der Waals surface area contributed by atoms with Crippen molar-refractivity contribution < 1.29 is 23.8 Å². The second kappa shape index (κ2) is 10.2. The van der Waals surface area contributed by atoms with E-state index in [0.29, 0.717) is 5.56 Å². The van der Waals surface area contributed by atoms with E-state index < -0.39 is 32.8 Å². The van der Waals surface area contributed by atoms with E-state index in [-0.39, 0.29) is 18.1 Å². The molecule has 1 fully saturated rings. The Morgan fingerprint density at radius 1 is 0.912 bits per heavy atom. The Kier molecular flexibility index (Phi) is 7.33. The zero-order valence-electron chi connectivity index (χ0n) is 19.9. The third kappa shape index (κ3) is 5.00. The number of hydrogen-bond donors (Lipinski definition) is 1. The van der Waals surface area contributed by atoms with Crippen LogP contribution in [0.25, 0.3) is 0 Å². The van der Waals surface area contributed by atoms with E-state index in [9.17, 15) is 9.90 Å². The number of ether oxygens (including phenoxy) is 2. The molecule has 3 aromatic rings. The second-order valence-electron chi connectivity index (χ2n) is 9.65. The smallest absolute Gasteiger partial charge is 0.338 e. The van der Waals surface area contributed by atoms with Gasteiger partial charge in [-0.1, -0.05) is 99.6 Å². The fraction of sp³-hybridized carbons (Fsp3) is 0.321. The molecule has 0 unspecified atom stereocenters. The molecule has 34 heavy (non-hydrogen) atoms. The van der Waals surface area contributed by atoms with Gasteiger partial charge in [-0.25, -0.2) is 4.79 Å². The number of benzene rings is 3. The SMILES string of the molecule is CC(C)(C)[Si](OC[C@H]1O[C@H](O)C[C@@H]1OC(=O)c1ccccc1)(c1ccccc1)c1ccccc1. The fourth-order valence-electron chi connectivity index (χ4n) is 4.71. The van der Waals surface area contributed by atoms with Gasteiger partial charge in [-0.2, -0.15) is 0 Å². The molecular weight excluding hydrogens is 444 g/mol. The average molecular weight is 477 g/mol. The molecule has 0 amide bonds. The largest absolute Gasteiger partial charge is 0.456 e. The maximum atomic E-state index is 12.7. The summed E-state index contributed by atoms with van der Waals surface area (Å²) >= 11 is 0. The highest BCUT2D eigenvalue weighted by molar-refractivity contribution is 6.99. The molecule has 0 aromatic heterocycles. The van der Waals surface area contributed by atoms with Crippen LogP contribution in [0.15, 0.2) is 91.0 Å². The highest BCUT2D eigenvalue weighted by Crippen LogP contribution is 2.37. The number of esters is 1. The van der Waals surface area contributed by atoms with Gasteiger partial charge in [0.05, 0.1) is 12.2 Å². The monoisotopic (exact) mass is 476 g/mol. The van der Waals surface area contributed by atoms with Crippen molar-refractivity contribution in [2.45, 2.75) is 50.7 Å². The van der Waals surface area contributed by atoms with E-state index in [0.717, 1.165) is 10.4 Å². The second-order valence-corrected chi connectivity index (χ2v) is 14.0. The predicted molar refractivity (Wildman–Crippen MR) is 135 cm³/mol. The predicted octanol–water partition coefficient (Wildman–Crippen LogP) is 3.90. The van der Waals surface area contributed by atoms with E-state index >= 15 is 0 Å². The minimum absolute atomic E-state index is 0.191. The molecule has 0 radical (unpaired) electrons. The molecular formula is C28H32O5Si. The number of hydrogen-bond acceptors (Lipinski definition) is 5. The van der Waals surface area contributed by atoms with Crippen LogP contribution in [-0.4, -0.2) is 44.5 Å². The number of carbonyl (C=O) groups excluding carboxylic acids is 1. The first-order valence-electron chi connectivity index (χ1n) is 11.7. The van der Waals surface area contributed by atoms with Crippen LogP contribution in [0.5, 0.6) is 0 Å². The van der Waals surface area contributed by atoms with Crippen LogP contribution in [0.2, 0.25) is 5.04 Å². The van der Waals surface area contributed by atoms with Crippen LogP contribution in [0, 0.1) is 0 Å². The normalized spacial score (nSPS) is 20.8. The van der Waals surface area contributed by atoms with Crippen molar-refractivity contribution >= 4 is 24.7 Å². The topological polar surface area (TPSA) is 65.0 Å². The Labute approximate surface area is 202 Å². The molecule has 1 N–H and O–H groups in total. The van der Waals surface area contributed by atoms with Crippen LogP contribution in [0.1, 0.15) is 37.6 Å². The number of aliphatic hydroxyl groups excluding tert-OH is 1. The fourth-order valence-corrected chi connectivity index (χ4v) is 9.28. The van der Waals surface area contributed by atoms with E-state index in [2.05, 4.69) is 45.0 Å². The molecule has 1 aliphatic heterocycles. The Bertz CT molecular complexity index is 1030. The Hall–Kier alpha value is -2.77. The van der Waals surface area contributed by atoms with Crippen molar-refractivity contribution in [1.82, 2.24) is 0 Å². The Morgan fingerprint density at radius 3 is 1.91 bits per heavy atom. The molecule has 3 atom stereocenters.